The molecule has 21 heavy (non-hydrogen) atoms. The van der Waals surface area contributed by atoms with Crippen LogP contribution >= 0.6 is 11.3 Å². The number of Topliss-reactive ketones (excluding diaryl/α,β-unsaturated/α-hetero) is 1. The predicted octanol–water partition coefficient (Wildman–Crippen LogP) is 3.57. The number of benzene rings is 1. The van der Waals surface area contributed by atoms with Gasteiger partial charge in [-0.3, -0.25) is 4.79 Å². The molecule has 0 spiro atoms. The van der Waals surface area contributed by atoms with Gasteiger partial charge in [0.05, 0.1) is 6.61 Å². The van der Waals surface area contributed by atoms with Crippen molar-refractivity contribution in [2.24, 2.45) is 0 Å². The smallest absolute Gasteiger partial charge is 0.358 e. The van der Waals surface area contributed by atoms with Crippen LogP contribution in [-0.2, 0) is 4.74 Å². The largest absolute Gasteiger partial charge is 0.461 e. The summed E-state index contributed by atoms with van der Waals surface area (Å²) in [5, 5.41) is 3.63. The van der Waals surface area contributed by atoms with E-state index < -0.39 is 5.97 Å². The van der Waals surface area contributed by atoms with Crippen molar-refractivity contribution in [3.63, 3.8) is 0 Å². The number of esters is 1. The Morgan fingerprint density at radius 3 is 2.67 bits per heavy atom. The van der Waals surface area contributed by atoms with Crippen molar-refractivity contribution in [3.8, 4) is 0 Å². The Labute approximate surface area is 127 Å². The van der Waals surface area contributed by atoms with Gasteiger partial charge in [0, 0.05) is 12.6 Å². The van der Waals surface area contributed by atoms with E-state index in [1.165, 1.54) is 6.92 Å². The number of aromatic nitrogens is 1. The number of thiazole rings is 1. The SMILES string of the molecule is CCOC(=O)c1nc(Nc2ccccc2C)sc1C(C)=O. The van der Waals surface area contributed by atoms with E-state index in [1.807, 2.05) is 31.2 Å². The van der Waals surface area contributed by atoms with Gasteiger partial charge in [0.2, 0.25) is 0 Å². The quantitative estimate of drug-likeness (QED) is 0.675. The third kappa shape index (κ3) is 3.46. The van der Waals surface area contributed by atoms with Crippen LogP contribution in [0.5, 0.6) is 0 Å². The van der Waals surface area contributed by atoms with Crippen LogP contribution in [0.15, 0.2) is 24.3 Å². The molecule has 1 N–H and O–H groups in total. The fourth-order valence-corrected chi connectivity index (χ4v) is 2.64. The van der Waals surface area contributed by atoms with Crippen LogP contribution in [-0.4, -0.2) is 23.3 Å². The van der Waals surface area contributed by atoms with Crippen LogP contribution in [0, 0.1) is 6.92 Å². The highest BCUT2D eigenvalue weighted by molar-refractivity contribution is 7.17. The fourth-order valence-electron chi connectivity index (χ4n) is 1.78. The summed E-state index contributed by atoms with van der Waals surface area (Å²) in [5.41, 5.74) is 2.01. The zero-order chi connectivity index (χ0) is 15.4. The number of ketones is 1. The molecular weight excluding hydrogens is 288 g/mol. The number of rotatable bonds is 5. The van der Waals surface area contributed by atoms with Gasteiger partial charge in [0.15, 0.2) is 16.6 Å². The molecule has 1 heterocycles. The van der Waals surface area contributed by atoms with Gasteiger partial charge in [-0.1, -0.05) is 29.5 Å². The summed E-state index contributed by atoms with van der Waals surface area (Å²) >= 11 is 1.15. The molecular formula is C15H16N2O3S. The normalized spacial score (nSPS) is 10.2. The van der Waals surface area contributed by atoms with Crippen molar-refractivity contribution < 1.29 is 14.3 Å². The van der Waals surface area contributed by atoms with Gasteiger partial charge in [-0.25, -0.2) is 9.78 Å². The predicted molar refractivity (Wildman–Crippen MR) is 82.5 cm³/mol. The Bertz CT molecular complexity index is 679. The number of ether oxygens (including phenoxy) is 1. The molecule has 2 rings (SSSR count). The number of hydrogen-bond acceptors (Lipinski definition) is 6. The van der Waals surface area contributed by atoms with E-state index in [0.29, 0.717) is 10.0 Å². The standard InChI is InChI=1S/C15H16N2O3S/c1-4-20-14(19)12-13(10(3)18)21-15(17-12)16-11-8-6-5-7-9(11)2/h5-8H,4H2,1-3H3,(H,16,17). The Balaban J connectivity index is 2.34. The topological polar surface area (TPSA) is 68.3 Å². The minimum Gasteiger partial charge on any atom is -0.461 e. The van der Waals surface area contributed by atoms with Crippen LogP contribution in [0.3, 0.4) is 0 Å². The molecule has 0 aliphatic carbocycles. The van der Waals surface area contributed by atoms with Crippen LogP contribution in [0.2, 0.25) is 0 Å². The number of carbonyl (C=O) groups is 2. The lowest BCUT2D eigenvalue weighted by atomic mass is 10.2. The Hall–Kier alpha value is -2.21. The summed E-state index contributed by atoms with van der Waals surface area (Å²) in [6.07, 6.45) is 0. The highest BCUT2D eigenvalue weighted by Crippen LogP contribution is 2.28. The summed E-state index contributed by atoms with van der Waals surface area (Å²) in [4.78, 5) is 28.0. The lowest BCUT2D eigenvalue weighted by Gasteiger charge is -2.05. The first-order chi connectivity index (χ1) is 10.0. The number of nitrogens with zero attached hydrogens (tertiary/aromatic N) is 1. The van der Waals surface area contributed by atoms with E-state index >= 15 is 0 Å². The van der Waals surface area contributed by atoms with Gasteiger partial charge in [0.25, 0.3) is 0 Å². The molecule has 0 aliphatic rings. The molecule has 2 aromatic rings. The van der Waals surface area contributed by atoms with E-state index in [0.717, 1.165) is 22.6 Å². The van der Waals surface area contributed by atoms with Crippen molar-refractivity contribution in [1.82, 2.24) is 4.98 Å². The van der Waals surface area contributed by atoms with E-state index in [-0.39, 0.29) is 18.1 Å². The van der Waals surface area contributed by atoms with Gasteiger partial charge in [0.1, 0.15) is 4.88 Å². The second kappa shape index (κ2) is 6.49. The van der Waals surface area contributed by atoms with Crippen molar-refractivity contribution in [1.29, 1.82) is 0 Å². The zero-order valence-electron chi connectivity index (χ0n) is 12.1. The van der Waals surface area contributed by atoms with Crippen molar-refractivity contribution in [2.45, 2.75) is 20.8 Å². The van der Waals surface area contributed by atoms with E-state index in [1.54, 1.807) is 6.92 Å². The molecule has 0 fully saturated rings. The minimum absolute atomic E-state index is 0.0745. The molecule has 0 radical (unpaired) electrons. The minimum atomic E-state index is -0.572. The Morgan fingerprint density at radius 2 is 2.05 bits per heavy atom. The molecule has 0 saturated carbocycles. The first-order valence-corrected chi connectivity index (χ1v) is 7.36. The number of aryl methyl sites for hydroxylation is 1. The van der Waals surface area contributed by atoms with Gasteiger partial charge in [-0.05, 0) is 25.5 Å². The average Bonchev–Trinajstić information content (AvgIpc) is 2.86. The molecule has 0 aliphatic heterocycles. The maximum absolute atomic E-state index is 11.8. The van der Waals surface area contributed by atoms with Crippen LogP contribution in [0.1, 0.15) is 39.6 Å². The molecule has 0 bridgehead atoms. The van der Waals surface area contributed by atoms with E-state index in [9.17, 15) is 9.59 Å². The molecule has 110 valence electrons. The molecule has 5 nitrogen and oxygen atoms in total. The molecule has 1 aromatic carbocycles. The molecule has 0 unspecified atom stereocenters. The highest BCUT2D eigenvalue weighted by Gasteiger charge is 2.22. The summed E-state index contributed by atoms with van der Waals surface area (Å²) in [7, 11) is 0. The third-order valence-electron chi connectivity index (χ3n) is 2.80. The van der Waals surface area contributed by atoms with E-state index in [2.05, 4.69) is 10.3 Å². The summed E-state index contributed by atoms with van der Waals surface area (Å²) in [6, 6.07) is 7.72. The molecule has 0 saturated heterocycles. The van der Waals surface area contributed by atoms with E-state index in [4.69, 9.17) is 4.74 Å². The summed E-state index contributed by atoms with van der Waals surface area (Å²) in [5.74, 6) is -0.773. The number of carbonyl (C=O) groups excluding carboxylic acids is 2. The monoisotopic (exact) mass is 304 g/mol. The average molecular weight is 304 g/mol. The van der Waals surface area contributed by atoms with Crippen LogP contribution < -0.4 is 5.32 Å². The lowest BCUT2D eigenvalue weighted by Crippen LogP contribution is -2.09. The van der Waals surface area contributed by atoms with Crippen molar-refractivity contribution >= 4 is 33.9 Å². The maximum atomic E-state index is 11.8. The van der Waals surface area contributed by atoms with Crippen molar-refractivity contribution in [3.05, 3.63) is 40.4 Å². The molecule has 0 atom stereocenters. The van der Waals surface area contributed by atoms with Crippen molar-refractivity contribution in [2.75, 3.05) is 11.9 Å². The summed E-state index contributed by atoms with van der Waals surface area (Å²) in [6.45, 7) is 5.33. The number of anilines is 2. The van der Waals surface area contributed by atoms with Gasteiger partial charge in [-0.15, -0.1) is 0 Å². The number of nitrogens with one attached hydrogen (secondary N) is 1. The molecule has 0 amide bonds. The van der Waals surface area contributed by atoms with Gasteiger partial charge >= 0.3 is 5.97 Å². The Kier molecular flexibility index (Phi) is 4.70. The summed E-state index contributed by atoms with van der Waals surface area (Å²) < 4.78 is 4.93. The maximum Gasteiger partial charge on any atom is 0.358 e. The Morgan fingerprint density at radius 1 is 1.33 bits per heavy atom. The fraction of sp³-hybridized carbons (Fsp3) is 0.267. The van der Waals surface area contributed by atoms with Crippen LogP contribution in [0.25, 0.3) is 0 Å². The molecule has 1 aromatic heterocycles. The van der Waals surface area contributed by atoms with Gasteiger partial charge < -0.3 is 10.1 Å². The molecule has 6 heteroatoms. The third-order valence-corrected chi connectivity index (χ3v) is 3.87. The highest BCUT2D eigenvalue weighted by atomic mass is 32.1. The second-order valence-electron chi connectivity index (χ2n) is 4.41. The number of para-hydroxylation sites is 1. The van der Waals surface area contributed by atoms with Gasteiger partial charge in [-0.2, -0.15) is 0 Å². The van der Waals surface area contributed by atoms with Crippen LogP contribution in [0.4, 0.5) is 10.8 Å². The first-order valence-electron chi connectivity index (χ1n) is 6.54. The number of hydrogen-bond donors (Lipinski definition) is 1. The first kappa shape index (κ1) is 15.2. The zero-order valence-corrected chi connectivity index (χ0v) is 12.9. The second-order valence-corrected chi connectivity index (χ2v) is 5.41. The lowest BCUT2D eigenvalue weighted by molar-refractivity contribution is 0.0517.